The van der Waals surface area contributed by atoms with Crippen molar-refractivity contribution in [2.24, 2.45) is 35.1 Å². The number of hydrogen-bond donors (Lipinski definition) is 13. The molecule has 0 aliphatic rings. The second-order valence-corrected chi connectivity index (χ2v) is 26.8. The van der Waals surface area contributed by atoms with Crippen molar-refractivity contribution in [2.45, 2.75) is 183 Å². The molecule has 104 heavy (non-hydrogen) atoms. The first-order valence-electron chi connectivity index (χ1n) is 35.1. The Morgan fingerprint density at radius 3 is 1.38 bits per heavy atom. The minimum Gasteiger partial charge on any atom is -0.461 e. The van der Waals surface area contributed by atoms with Crippen molar-refractivity contribution in [1.29, 1.82) is 0 Å². The van der Waals surface area contributed by atoms with Crippen molar-refractivity contribution >= 4 is 99.3 Å². The Morgan fingerprint density at radius 1 is 0.471 bits per heavy atom. The van der Waals surface area contributed by atoms with Crippen LogP contribution in [0.25, 0.3) is 0 Å². The number of nitrogens with zero attached hydrogens (tertiary/aromatic N) is 1. The molecule has 36 heteroatoms. The van der Waals surface area contributed by atoms with E-state index in [0.29, 0.717) is 54.7 Å². The lowest BCUT2D eigenvalue weighted by atomic mass is 10.0. The Labute approximate surface area is 608 Å². The molecule has 0 bridgehead atoms. The Morgan fingerprint density at radius 2 is 0.933 bits per heavy atom. The number of rotatable bonds is 51. The average molecular weight is 1490 g/mol. The predicted octanol–water partition coefficient (Wildman–Crippen LogP) is 4.08. The lowest BCUT2D eigenvalue weighted by Crippen LogP contribution is -2.55. The zero-order chi connectivity index (χ0) is 77.6. The smallest absolute Gasteiger partial charge is 0.410 e. The van der Waals surface area contributed by atoms with Crippen LogP contribution in [0.15, 0.2) is 48.5 Å². The monoisotopic (exact) mass is 1490 g/mol. The summed E-state index contributed by atoms with van der Waals surface area (Å²) in [6.07, 6.45) is 2.61. The summed E-state index contributed by atoms with van der Waals surface area (Å²) < 4.78 is 61.4. The minimum absolute atomic E-state index is 0.000136. The minimum atomic E-state index is -4.28. The lowest BCUT2D eigenvalue weighted by molar-refractivity contribution is -0.149. The zero-order valence-electron chi connectivity index (χ0n) is 61.2. The number of unbranched alkanes of at least 4 members (excludes halogenated alkanes) is 4. The van der Waals surface area contributed by atoms with Gasteiger partial charge in [0.1, 0.15) is 57.2 Å². The van der Waals surface area contributed by atoms with Crippen molar-refractivity contribution in [2.75, 3.05) is 82.9 Å². The van der Waals surface area contributed by atoms with Crippen LogP contribution in [0, 0.1) is 23.7 Å². The molecule has 0 aliphatic heterocycles. The summed E-state index contributed by atoms with van der Waals surface area (Å²) in [6.45, 7) is 12.9. The number of primary amides is 2. The third kappa shape index (κ3) is 40.3. The molecule has 2 aromatic carbocycles. The van der Waals surface area contributed by atoms with E-state index in [1.54, 1.807) is 97.0 Å². The van der Waals surface area contributed by atoms with Gasteiger partial charge in [0.05, 0.1) is 38.1 Å². The van der Waals surface area contributed by atoms with E-state index in [4.69, 9.17) is 39.9 Å². The molecule has 13 amide bonds. The summed E-state index contributed by atoms with van der Waals surface area (Å²) >= 11 is 0. The maximum absolute atomic E-state index is 13.9. The van der Waals surface area contributed by atoms with Gasteiger partial charge < -0.3 is 92.6 Å². The van der Waals surface area contributed by atoms with E-state index < -0.39 is 139 Å². The average Bonchev–Trinajstić information content (AvgIpc) is 0.890. The quantitative estimate of drug-likeness (QED) is 0.0252. The SMILES string of the molecule is CCCCCCC(=O)NCCCCC(=O)NS(=O)(=O)NCCOCCOC(=O)N(CCOC(=O)N[C@H](C(=O)NC(CCCNC(N)=O)C(=O)Nc1ccc(COC(=O)C(C)CC)cc1)C(C)C)CCOC(=O)N[C@H](C(=O)N[C@@H](CCCNC(N)=O)C(=O)Nc1ccc(COC(=O)C(C)C)cc1)C(C)C. The maximum atomic E-state index is 13.9. The van der Waals surface area contributed by atoms with Gasteiger partial charge in [-0.25, -0.2) is 28.7 Å². The van der Waals surface area contributed by atoms with Crippen LogP contribution in [0.2, 0.25) is 0 Å². The topological polar surface area (TPSA) is 499 Å². The molecule has 0 saturated heterocycles. The molecule has 35 nitrogen and oxygen atoms in total. The number of alkyl carbamates (subject to hydrolysis) is 2. The summed E-state index contributed by atoms with van der Waals surface area (Å²) in [5.74, 6) is -6.30. The molecule has 5 atom stereocenters. The summed E-state index contributed by atoms with van der Waals surface area (Å²) in [5, 5.41) is 23.4. The molecule has 0 aliphatic carbocycles. The van der Waals surface area contributed by atoms with Crippen LogP contribution < -0.4 is 68.8 Å². The second-order valence-electron chi connectivity index (χ2n) is 25.3. The van der Waals surface area contributed by atoms with Crippen LogP contribution >= 0.6 is 0 Å². The first kappa shape index (κ1) is 90.5. The first-order chi connectivity index (χ1) is 49.3. The molecule has 584 valence electrons. The van der Waals surface area contributed by atoms with Gasteiger partial charge in [0.15, 0.2) is 0 Å². The number of urea groups is 2. The summed E-state index contributed by atoms with van der Waals surface area (Å²) in [6, 6.07) is 6.23. The van der Waals surface area contributed by atoms with Gasteiger partial charge in [-0.1, -0.05) is 106 Å². The Balaban J connectivity index is 2.21. The van der Waals surface area contributed by atoms with Gasteiger partial charge in [-0.15, -0.1) is 0 Å². The Hall–Kier alpha value is -9.58. The highest BCUT2D eigenvalue weighted by molar-refractivity contribution is 7.88. The number of nitrogens with two attached hydrogens (primary N) is 2. The molecule has 2 unspecified atom stereocenters. The molecule has 15 N–H and O–H groups in total. The molecule has 0 fully saturated rings. The largest absolute Gasteiger partial charge is 0.461 e. The fraction of sp³-hybridized carbons (Fsp3) is 0.632. The van der Waals surface area contributed by atoms with Crippen molar-refractivity contribution in [3.8, 4) is 0 Å². The molecule has 2 aromatic rings. The fourth-order valence-corrected chi connectivity index (χ4v) is 10.0. The van der Waals surface area contributed by atoms with Crippen LogP contribution in [0.5, 0.6) is 0 Å². The van der Waals surface area contributed by atoms with Gasteiger partial charge >= 0.3 is 52.5 Å². The number of benzene rings is 2. The van der Waals surface area contributed by atoms with E-state index in [0.717, 1.165) is 30.6 Å². The standard InChI is InChI=1S/C68H110N14O21S/c1-10-12-13-14-21-54(83)71-31-16-15-22-55(84)81-104(96,97)74-34-37-98-40-41-101-68(95)82(35-38-99-66(93)79-56(44(3)4)60(87)77-52(19-17-32-72-64(69)91)58(85)75-50-27-23-48(24-28-50)42-102-62(89)46(7)8)36-39-100-67(94)80-57(45(5)6)61(88)78-53(20-18-33-73-65(70)92)59(86)76-51-29-25-49(26-30-51)43-103-63(90)47(9)11-2/h23-30,44-47,52-53,56-57,74H,10-22,31-43H2,1-9H3,(H,71,83)(H,75,85)(H,76,86)(H,77,87)(H,78,88)(H,79,93)(H,80,94)(H,81,84)(H3,69,72,91)(H3,70,73,92)/t47?,52-,53?,56-,57-/m0/s1. The van der Waals surface area contributed by atoms with Crippen molar-refractivity contribution in [1.82, 2.24) is 51.6 Å². The Kier molecular flexibility index (Phi) is 44.1. The van der Waals surface area contributed by atoms with Gasteiger partial charge in [0, 0.05) is 50.4 Å². The highest BCUT2D eigenvalue weighted by atomic mass is 32.2. The normalized spacial score (nSPS) is 12.5. The number of anilines is 2. The molecule has 0 saturated carbocycles. The van der Waals surface area contributed by atoms with E-state index in [2.05, 4.69) is 59.5 Å². The number of esters is 2. The van der Waals surface area contributed by atoms with E-state index in [-0.39, 0.29) is 108 Å². The van der Waals surface area contributed by atoms with Crippen molar-refractivity contribution < 1.29 is 99.2 Å². The molecular weight excluding hydrogens is 1380 g/mol. The van der Waals surface area contributed by atoms with E-state index in [1.807, 2.05) is 11.6 Å². The molecule has 0 heterocycles. The van der Waals surface area contributed by atoms with E-state index >= 15 is 0 Å². The zero-order valence-corrected chi connectivity index (χ0v) is 62.0. The summed E-state index contributed by atoms with van der Waals surface area (Å²) in [4.78, 5) is 168. The fourth-order valence-electron chi connectivity index (χ4n) is 9.21. The highest BCUT2D eigenvalue weighted by Gasteiger charge is 2.32. The van der Waals surface area contributed by atoms with Crippen LogP contribution in [0.3, 0.4) is 0 Å². The van der Waals surface area contributed by atoms with Crippen LogP contribution in [-0.2, 0) is 90.2 Å². The summed E-state index contributed by atoms with van der Waals surface area (Å²) in [5.41, 5.74) is 12.4. The van der Waals surface area contributed by atoms with Gasteiger partial charge in [-0.3, -0.25) is 38.4 Å². The van der Waals surface area contributed by atoms with Gasteiger partial charge in [-0.05, 0) is 98.6 Å². The van der Waals surface area contributed by atoms with Gasteiger partial charge in [-0.2, -0.15) is 13.1 Å². The predicted molar refractivity (Wildman–Crippen MR) is 382 cm³/mol. The van der Waals surface area contributed by atoms with Gasteiger partial charge in [0.2, 0.25) is 35.4 Å². The third-order valence-electron chi connectivity index (χ3n) is 15.4. The third-order valence-corrected chi connectivity index (χ3v) is 16.5. The van der Waals surface area contributed by atoms with Crippen LogP contribution in [-0.4, -0.2) is 188 Å². The van der Waals surface area contributed by atoms with Crippen molar-refractivity contribution in [3.05, 3.63) is 59.7 Å². The number of nitrogens with one attached hydrogen (secondary N) is 11. The number of carbonyl (C=O) groups is 13. The number of amides is 13. The summed E-state index contributed by atoms with van der Waals surface area (Å²) in [7, 11) is -4.28. The number of carbonyl (C=O) groups excluding carboxylic acids is 13. The van der Waals surface area contributed by atoms with Crippen LogP contribution in [0.4, 0.5) is 35.3 Å². The molecular formula is C68H110N14O21S. The van der Waals surface area contributed by atoms with Crippen molar-refractivity contribution in [3.63, 3.8) is 0 Å². The second kappa shape index (κ2) is 50.7. The first-order valence-corrected chi connectivity index (χ1v) is 36.6. The molecule has 0 radical (unpaired) electrons. The van der Waals surface area contributed by atoms with E-state index in [9.17, 15) is 70.7 Å². The van der Waals surface area contributed by atoms with Crippen LogP contribution in [0.1, 0.15) is 157 Å². The number of ether oxygens (including phenoxy) is 6. The maximum Gasteiger partial charge on any atom is 0.410 e. The number of hydrogen-bond acceptors (Lipinski definition) is 21. The molecule has 0 aromatic heterocycles. The molecule has 0 spiro atoms. The highest BCUT2D eigenvalue weighted by Crippen LogP contribution is 2.17. The lowest BCUT2D eigenvalue weighted by Gasteiger charge is -2.26. The van der Waals surface area contributed by atoms with Gasteiger partial charge in [0.25, 0.3) is 0 Å². The van der Waals surface area contributed by atoms with E-state index in [1.165, 1.54) is 0 Å². The molecule has 2 rings (SSSR count). The Bertz CT molecular complexity index is 3160.